The minimum Gasteiger partial charge on any atom is -0.303 e. The van der Waals surface area contributed by atoms with Gasteiger partial charge in [-0.25, -0.2) is 4.98 Å². The first kappa shape index (κ1) is 12.2. The fraction of sp³-hybridized carbons (Fsp3) is 0.235. The highest BCUT2D eigenvalue weighted by atomic mass is 79.9. The summed E-state index contributed by atoms with van der Waals surface area (Å²) in [6.07, 6.45) is 5.47. The molecule has 1 unspecified atom stereocenters. The van der Waals surface area contributed by atoms with Crippen molar-refractivity contribution in [3.8, 4) is 0 Å². The van der Waals surface area contributed by atoms with Crippen LogP contribution in [0.3, 0.4) is 0 Å². The van der Waals surface area contributed by atoms with E-state index >= 15 is 0 Å². The molecule has 0 saturated heterocycles. The summed E-state index contributed by atoms with van der Waals surface area (Å²) in [6, 6.07) is 15.0. The van der Waals surface area contributed by atoms with E-state index in [1.807, 2.05) is 0 Å². The molecule has 0 bridgehead atoms. The Hall–Kier alpha value is -1.61. The summed E-state index contributed by atoms with van der Waals surface area (Å²) in [7, 11) is 0. The van der Waals surface area contributed by atoms with Gasteiger partial charge < -0.3 is 4.40 Å². The topological polar surface area (TPSA) is 17.3 Å². The zero-order valence-corrected chi connectivity index (χ0v) is 12.7. The van der Waals surface area contributed by atoms with Crippen molar-refractivity contribution >= 4 is 21.6 Å². The Morgan fingerprint density at radius 1 is 1.10 bits per heavy atom. The molecule has 20 heavy (non-hydrogen) atoms. The maximum absolute atomic E-state index is 4.80. The quantitative estimate of drug-likeness (QED) is 0.649. The number of fused-ring (bicyclic) bond motifs is 3. The van der Waals surface area contributed by atoms with Gasteiger partial charge in [0, 0.05) is 11.9 Å². The number of nitrogens with zero attached hydrogens (tertiary/aromatic N) is 2. The van der Waals surface area contributed by atoms with Crippen LogP contribution in [-0.4, -0.2) is 9.38 Å². The predicted molar refractivity (Wildman–Crippen MR) is 84.1 cm³/mol. The molecule has 0 saturated carbocycles. The first-order valence-corrected chi connectivity index (χ1v) is 7.81. The first-order valence-electron chi connectivity index (χ1n) is 7.02. The number of hydrogen-bond acceptors (Lipinski definition) is 1. The second-order valence-electron chi connectivity index (χ2n) is 5.41. The number of aromatic nitrogens is 2. The van der Waals surface area contributed by atoms with Crippen LogP contribution in [0.5, 0.6) is 0 Å². The van der Waals surface area contributed by atoms with Gasteiger partial charge in [-0.3, -0.25) is 0 Å². The van der Waals surface area contributed by atoms with Crippen molar-refractivity contribution in [2.75, 3.05) is 0 Å². The third-order valence-electron chi connectivity index (χ3n) is 4.22. The number of imidazole rings is 1. The molecule has 1 aliphatic rings. The van der Waals surface area contributed by atoms with Crippen molar-refractivity contribution in [2.45, 2.75) is 25.2 Å². The number of hydrogen-bond donors (Lipinski definition) is 0. The molecule has 2 nitrogen and oxygen atoms in total. The molecule has 0 N–H and O–H groups in total. The lowest BCUT2D eigenvalue weighted by molar-refractivity contribution is 0.568. The number of rotatable bonds is 1. The van der Waals surface area contributed by atoms with Crippen LogP contribution in [0.2, 0.25) is 0 Å². The van der Waals surface area contributed by atoms with Crippen molar-refractivity contribution in [2.24, 2.45) is 0 Å². The van der Waals surface area contributed by atoms with E-state index in [1.54, 1.807) is 0 Å². The second-order valence-corrected chi connectivity index (χ2v) is 6.26. The Labute approximate surface area is 126 Å². The molecular formula is C17H15BrN2. The number of aryl methyl sites for hydroxylation is 1. The Kier molecular flexibility index (Phi) is 2.88. The summed E-state index contributed by atoms with van der Waals surface area (Å²) in [6.45, 7) is 0. The SMILES string of the molecule is Brc1cccn2c3c(nc12)CCC(c1ccccc1)C3. The van der Waals surface area contributed by atoms with E-state index in [0.29, 0.717) is 5.92 Å². The van der Waals surface area contributed by atoms with Crippen LogP contribution in [0.15, 0.2) is 53.1 Å². The van der Waals surface area contributed by atoms with E-state index in [9.17, 15) is 0 Å². The van der Waals surface area contributed by atoms with Gasteiger partial charge in [0.1, 0.15) is 0 Å². The van der Waals surface area contributed by atoms with Crippen molar-refractivity contribution in [1.82, 2.24) is 9.38 Å². The molecule has 1 aromatic carbocycles. The molecule has 1 aliphatic carbocycles. The van der Waals surface area contributed by atoms with Gasteiger partial charge in [0.25, 0.3) is 0 Å². The summed E-state index contributed by atoms with van der Waals surface area (Å²) >= 11 is 3.60. The first-order chi connectivity index (χ1) is 9.83. The zero-order valence-electron chi connectivity index (χ0n) is 11.1. The van der Waals surface area contributed by atoms with Crippen molar-refractivity contribution in [3.63, 3.8) is 0 Å². The average Bonchev–Trinajstić information content (AvgIpc) is 2.88. The van der Waals surface area contributed by atoms with Gasteiger partial charge in [-0.05, 0) is 58.8 Å². The molecule has 0 radical (unpaired) electrons. The smallest absolute Gasteiger partial charge is 0.151 e. The minimum absolute atomic E-state index is 0.614. The summed E-state index contributed by atoms with van der Waals surface area (Å²) in [4.78, 5) is 4.80. The lowest BCUT2D eigenvalue weighted by atomic mass is 9.84. The van der Waals surface area contributed by atoms with Gasteiger partial charge in [-0.1, -0.05) is 30.3 Å². The monoisotopic (exact) mass is 326 g/mol. The Bertz CT molecular complexity index is 761. The van der Waals surface area contributed by atoms with Crippen molar-refractivity contribution in [1.29, 1.82) is 0 Å². The van der Waals surface area contributed by atoms with E-state index in [4.69, 9.17) is 4.98 Å². The van der Waals surface area contributed by atoms with Crippen molar-refractivity contribution in [3.05, 3.63) is 70.1 Å². The van der Waals surface area contributed by atoms with Gasteiger partial charge in [-0.15, -0.1) is 0 Å². The summed E-state index contributed by atoms with van der Waals surface area (Å²) in [5.74, 6) is 0.614. The second kappa shape index (κ2) is 4.74. The number of benzene rings is 1. The Morgan fingerprint density at radius 3 is 2.80 bits per heavy atom. The summed E-state index contributed by atoms with van der Waals surface area (Å²) in [5.41, 5.74) is 5.14. The van der Waals surface area contributed by atoms with Crippen LogP contribution in [-0.2, 0) is 12.8 Å². The molecule has 2 aromatic heterocycles. The van der Waals surface area contributed by atoms with Gasteiger partial charge in [0.2, 0.25) is 0 Å². The third kappa shape index (κ3) is 1.88. The minimum atomic E-state index is 0.614. The molecular weight excluding hydrogens is 312 g/mol. The van der Waals surface area contributed by atoms with E-state index in [-0.39, 0.29) is 0 Å². The molecule has 2 heterocycles. The fourth-order valence-corrected chi connectivity index (χ4v) is 3.64. The summed E-state index contributed by atoms with van der Waals surface area (Å²) < 4.78 is 3.32. The van der Waals surface area contributed by atoms with Gasteiger partial charge in [-0.2, -0.15) is 0 Å². The predicted octanol–water partition coefficient (Wildman–Crippen LogP) is 4.37. The molecule has 0 fully saturated rings. The van der Waals surface area contributed by atoms with Crippen LogP contribution in [0.4, 0.5) is 0 Å². The highest BCUT2D eigenvalue weighted by Crippen LogP contribution is 2.33. The highest BCUT2D eigenvalue weighted by Gasteiger charge is 2.24. The van der Waals surface area contributed by atoms with Gasteiger partial charge in [0.15, 0.2) is 5.65 Å². The normalized spacial score (nSPS) is 18.1. The van der Waals surface area contributed by atoms with E-state index in [1.165, 1.54) is 23.4 Å². The van der Waals surface area contributed by atoms with E-state index < -0.39 is 0 Å². The molecule has 0 spiro atoms. The Balaban J connectivity index is 1.79. The lowest BCUT2D eigenvalue weighted by Gasteiger charge is -2.22. The molecule has 3 heteroatoms. The van der Waals surface area contributed by atoms with Crippen LogP contribution in [0.25, 0.3) is 5.65 Å². The molecule has 0 aliphatic heterocycles. The maximum Gasteiger partial charge on any atom is 0.151 e. The lowest BCUT2D eigenvalue weighted by Crippen LogP contribution is -2.13. The van der Waals surface area contributed by atoms with Crippen LogP contribution in [0, 0.1) is 0 Å². The van der Waals surface area contributed by atoms with E-state index in [2.05, 4.69) is 69.0 Å². The third-order valence-corrected chi connectivity index (χ3v) is 4.84. The fourth-order valence-electron chi connectivity index (χ4n) is 3.20. The zero-order chi connectivity index (χ0) is 13.5. The van der Waals surface area contributed by atoms with E-state index in [0.717, 1.165) is 23.0 Å². The molecule has 4 rings (SSSR count). The highest BCUT2D eigenvalue weighted by molar-refractivity contribution is 9.10. The number of halogens is 1. The molecule has 1 atom stereocenters. The van der Waals surface area contributed by atoms with Crippen LogP contribution in [0.1, 0.15) is 29.3 Å². The van der Waals surface area contributed by atoms with Crippen molar-refractivity contribution < 1.29 is 0 Å². The summed E-state index contributed by atoms with van der Waals surface area (Å²) in [5, 5.41) is 0. The molecule has 100 valence electrons. The standard InChI is InChI=1S/C17H15BrN2/c18-14-7-4-10-20-16-11-13(12-5-2-1-3-6-12)8-9-15(16)19-17(14)20/h1-7,10,13H,8-9,11H2. The average molecular weight is 327 g/mol. The van der Waals surface area contributed by atoms with Gasteiger partial charge >= 0.3 is 0 Å². The largest absolute Gasteiger partial charge is 0.303 e. The Morgan fingerprint density at radius 2 is 1.95 bits per heavy atom. The van der Waals surface area contributed by atoms with Gasteiger partial charge in [0.05, 0.1) is 10.2 Å². The molecule has 0 amide bonds. The molecule has 3 aromatic rings. The number of pyridine rings is 1. The van der Waals surface area contributed by atoms with Crippen LogP contribution < -0.4 is 0 Å². The van der Waals surface area contributed by atoms with Crippen LogP contribution >= 0.6 is 15.9 Å². The maximum atomic E-state index is 4.80.